The molecule has 0 aromatic rings. The molecule has 2 aliphatic rings. The maximum Gasteiger partial charge on any atom is 0.553 e. The van der Waals surface area contributed by atoms with Gasteiger partial charge < -0.3 is 0 Å². The minimum Gasteiger partial charge on any atom is -0.277 e. The van der Waals surface area contributed by atoms with Crippen LogP contribution < -0.4 is 0 Å². The maximum atomic E-state index is 4.28. The van der Waals surface area contributed by atoms with Gasteiger partial charge in [0.2, 0.25) is 0 Å². The lowest BCUT2D eigenvalue weighted by atomic mass is 9.54. The molecule has 2 fully saturated rings. The molecule has 30 valence electrons. The first-order valence-corrected chi connectivity index (χ1v) is 1.61. The van der Waals surface area contributed by atoms with Gasteiger partial charge in [-0.1, -0.05) is 0 Å². The van der Waals surface area contributed by atoms with E-state index in [1.807, 2.05) is 0 Å². The van der Waals surface area contributed by atoms with Gasteiger partial charge >= 0.3 is 14.0 Å². The molecule has 0 radical (unpaired) electrons. The lowest BCUT2D eigenvalue weighted by molar-refractivity contribution is 0.0850. The molecule has 0 aliphatic carbocycles. The van der Waals surface area contributed by atoms with Gasteiger partial charge in [0.1, 0.15) is 0 Å². The van der Waals surface area contributed by atoms with Crippen molar-refractivity contribution in [2.75, 3.05) is 0 Å². The van der Waals surface area contributed by atoms with Crippen LogP contribution in [-0.4, -0.2) is 14.0 Å². The summed E-state index contributed by atoms with van der Waals surface area (Å²) in [5, 5.41) is 0. The fourth-order valence-corrected chi connectivity index (χ4v) is 0.246. The Labute approximate surface area is 34.4 Å². The fraction of sp³-hybridized carbons (Fsp3) is 0. The molecule has 6 heavy (non-hydrogen) atoms. The van der Waals surface area contributed by atoms with Crippen molar-refractivity contribution in [1.29, 1.82) is 0 Å². The van der Waals surface area contributed by atoms with Crippen LogP contribution >= 0.6 is 0 Å². The summed E-state index contributed by atoms with van der Waals surface area (Å²) in [5.41, 5.74) is 0. The molecule has 0 atom stereocenters. The molecule has 0 amide bonds. The largest absolute Gasteiger partial charge is 0.553 e. The van der Waals surface area contributed by atoms with Crippen molar-refractivity contribution in [3.8, 4) is 0 Å². The molecule has 6 heteroatoms. The molecule has 0 bridgehead atoms. The third-order valence-corrected chi connectivity index (χ3v) is 0.637. The molecule has 2 heterocycles. The molecule has 0 N–H and O–H groups in total. The van der Waals surface area contributed by atoms with Gasteiger partial charge in [0.25, 0.3) is 0 Å². The average molecular weight is 85.6 g/mol. The van der Waals surface area contributed by atoms with E-state index < -0.39 is 0 Å². The zero-order valence-electron chi connectivity index (χ0n) is 2.79. The minimum atomic E-state index is -0.231. The van der Waals surface area contributed by atoms with Crippen molar-refractivity contribution in [2.45, 2.75) is 0 Å². The van der Waals surface area contributed by atoms with E-state index in [1.54, 1.807) is 0 Å². The Morgan fingerprint density at radius 1 is 0.667 bits per heavy atom. The van der Waals surface area contributed by atoms with Crippen LogP contribution in [-0.2, 0) is 19.2 Å². The SMILES string of the molecule is O1OB1B1OO1. The minimum absolute atomic E-state index is 0.231. The summed E-state index contributed by atoms with van der Waals surface area (Å²) in [5.74, 6) is 0. The summed E-state index contributed by atoms with van der Waals surface area (Å²) in [6.45, 7) is 0. The van der Waals surface area contributed by atoms with Crippen LogP contribution in [0.2, 0.25) is 0 Å². The van der Waals surface area contributed by atoms with Crippen molar-refractivity contribution in [1.82, 2.24) is 0 Å². The van der Waals surface area contributed by atoms with E-state index in [0.717, 1.165) is 0 Å². The quantitative estimate of drug-likeness (QED) is 0.232. The first-order valence-electron chi connectivity index (χ1n) is 1.61. The second-order valence-electron chi connectivity index (χ2n) is 1.12. The van der Waals surface area contributed by atoms with Crippen molar-refractivity contribution in [3.05, 3.63) is 0 Å². The third-order valence-electron chi connectivity index (χ3n) is 0.637. The normalized spacial score (nSPS) is 28.0. The molecule has 0 spiro atoms. The van der Waals surface area contributed by atoms with Gasteiger partial charge in [-0.2, -0.15) is 0 Å². The van der Waals surface area contributed by atoms with Gasteiger partial charge in [0.15, 0.2) is 0 Å². The van der Waals surface area contributed by atoms with Crippen LogP contribution in [0.15, 0.2) is 0 Å². The van der Waals surface area contributed by atoms with Crippen molar-refractivity contribution < 1.29 is 19.2 Å². The number of hydrogen-bond donors (Lipinski definition) is 0. The Bertz CT molecular complexity index is 53.9. The van der Waals surface area contributed by atoms with Crippen LogP contribution in [0.4, 0.5) is 0 Å². The van der Waals surface area contributed by atoms with E-state index in [0.29, 0.717) is 0 Å². The van der Waals surface area contributed by atoms with E-state index >= 15 is 0 Å². The molecule has 2 rings (SSSR count). The van der Waals surface area contributed by atoms with Gasteiger partial charge in [-0.3, -0.25) is 19.2 Å². The Kier molecular flexibility index (Phi) is 0.399. The summed E-state index contributed by atoms with van der Waals surface area (Å²) in [6, 6.07) is 0. The van der Waals surface area contributed by atoms with E-state index in [1.165, 1.54) is 0 Å². The smallest absolute Gasteiger partial charge is 0.277 e. The molecular weight excluding hydrogens is 85.6 g/mol. The lowest BCUT2D eigenvalue weighted by Gasteiger charge is -1.39. The lowest BCUT2D eigenvalue weighted by Crippen LogP contribution is -2.05. The van der Waals surface area contributed by atoms with Gasteiger partial charge in [-0.15, -0.1) is 0 Å². The van der Waals surface area contributed by atoms with E-state index in [-0.39, 0.29) is 14.0 Å². The predicted octanol–water partition coefficient (Wildman–Crippen LogP) is -1.04. The summed E-state index contributed by atoms with van der Waals surface area (Å²) in [7, 11) is -0.463. The predicted molar refractivity (Wildman–Crippen MR) is 15.8 cm³/mol. The van der Waals surface area contributed by atoms with Crippen LogP contribution in [0, 0.1) is 0 Å². The molecule has 2 aliphatic heterocycles. The van der Waals surface area contributed by atoms with Crippen molar-refractivity contribution in [3.63, 3.8) is 0 Å². The van der Waals surface area contributed by atoms with Gasteiger partial charge in [-0.25, -0.2) is 0 Å². The van der Waals surface area contributed by atoms with Crippen molar-refractivity contribution >= 4 is 14.0 Å². The molecule has 0 aromatic carbocycles. The van der Waals surface area contributed by atoms with Crippen molar-refractivity contribution in [2.24, 2.45) is 0 Å². The first-order chi connectivity index (χ1) is 2.97. The monoisotopic (exact) mass is 86.0 g/mol. The van der Waals surface area contributed by atoms with E-state index in [9.17, 15) is 0 Å². The molecule has 0 saturated carbocycles. The second-order valence-corrected chi connectivity index (χ2v) is 1.12. The molecular formula is B2O4. The van der Waals surface area contributed by atoms with Crippen LogP contribution in [0.3, 0.4) is 0 Å². The Balaban J connectivity index is 1.92. The van der Waals surface area contributed by atoms with Gasteiger partial charge in [0.05, 0.1) is 0 Å². The highest BCUT2D eigenvalue weighted by molar-refractivity contribution is 7.15. The Hall–Kier alpha value is -0.0301. The maximum absolute atomic E-state index is 4.28. The van der Waals surface area contributed by atoms with Gasteiger partial charge in [-0.05, 0) is 0 Å². The highest BCUT2D eigenvalue weighted by Gasteiger charge is 2.61. The average Bonchev–Trinajstić information content (AvgIpc) is 2.26. The topological polar surface area (TPSA) is 50.1 Å². The van der Waals surface area contributed by atoms with Crippen LogP contribution in [0.25, 0.3) is 0 Å². The van der Waals surface area contributed by atoms with E-state index in [2.05, 4.69) is 19.2 Å². The van der Waals surface area contributed by atoms with Crippen LogP contribution in [0.5, 0.6) is 0 Å². The standard InChI is InChI=1S/B2O4/c3-1(4-3)2-5-6-2. The summed E-state index contributed by atoms with van der Waals surface area (Å²) >= 11 is 0. The number of hydrogen-bond acceptors (Lipinski definition) is 4. The summed E-state index contributed by atoms with van der Waals surface area (Å²) < 4.78 is 0. The number of rotatable bonds is 1. The highest BCUT2D eigenvalue weighted by atomic mass is 17.4. The summed E-state index contributed by atoms with van der Waals surface area (Å²) in [4.78, 5) is 17.1. The summed E-state index contributed by atoms with van der Waals surface area (Å²) in [6.07, 6.45) is 0. The molecule has 0 unspecified atom stereocenters. The molecule has 2 saturated heterocycles. The molecule has 4 nitrogen and oxygen atoms in total. The van der Waals surface area contributed by atoms with Crippen LogP contribution in [0.1, 0.15) is 0 Å². The Morgan fingerprint density at radius 3 is 1.17 bits per heavy atom. The van der Waals surface area contributed by atoms with E-state index in [4.69, 9.17) is 0 Å². The Morgan fingerprint density at radius 2 is 1.00 bits per heavy atom. The zero-order chi connectivity index (χ0) is 3.98. The first kappa shape index (κ1) is 3.04. The van der Waals surface area contributed by atoms with Gasteiger partial charge in [0, 0.05) is 0 Å². The molecule has 0 aromatic heterocycles. The second kappa shape index (κ2) is 0.788. The third kappa shape index (κ3) is 0.352. The fourth-order valence-electron chi connectivity index (χ4n) is 0.246. The highest BCUT2D eigenvalue weighted by Crippen LogP contribution is 2.20. The zero-order valence-corrected chi connectivity index (χ0v) is 2.79.